The third-order valence-electron chi connectivity index (χ3n) is 0.485. The molecule has 0 saturated heterocycles. The van der Waals surface area contributed by atoms with Crippen molar-refractivity contribution in [3.8, 4) is 0 Å². The van der Waals surface area contributed by atoms with Gasteiger partial charge < -0.3 is 4.43 Å². The van der Waals surface area contributed by atoms with E-state index < -0.39 is 0 Å². The summed E-state index contributed by atoms with van der Waals surface area (Å²) in [5.74, 6) is 0. The molecular weight excluding hydrogens is 112 g/mol. The van der Waals surface area contributed by atoms with Gasteiger partial charge in [-0.15, -0.1) is 12.6 Å². The minimum absolute atomic E-state index is 0.0432. The molecule has 1 unspecified atom stereocenters. The van der Waals surface area contributed by atoms with E-state index in [9.17, 15) is 0 Å². The van der Waals surface area contributed by atoms with Gasteiger partial charge in [0.15, 0.2) is 0 Å². The topological polar surface area (TPSA) is 9.23 Å². The van der Waals surface area contributed by atoms with Crippen molar-refractivity contribution < 1.29 is 4.43 Å². The van der Waals surface area contributed by atoms with Gasteiger partial charge in [0.25, 0.3) is 0 Å². The Balaban J connectivity index is 2.75. The lowest BCUT2D eigenvalue weighted by atomic mass is 10.5. The van der Waals surface area contributed by atoms with Crippen LogP contribution in [0, 0.1) is 0 Å². The normalized spacial score (nSPS) is 14.5. The average molecular weight is 119 g/mol. The van der Waals surface area contributed by atoms with Gasteiger partial charge in [-0.2, -0.15) is 0 Å². The van der Waals surface area contributed by atoms with E-state index in [0.29, 0.717) is 0 Å². The van der Waals surface area contributed by atoms with Crippen molar-refractivity contribution in [2.45, 2.75) is 18.8 Å². The molecule has 3 heteroatoms. The second kappa shape index (κ2) is 3.71. The van der Waals surface area contributed by atoms with E-state index in [4.69, 9.17) is 0 Å². The van der Waals surface area contributed by atoms with E-state index >= 15 is 0 Å². The van der Waals surface area contributed by atoms with Gasteiger partial charge in [-0.3, -0.25) is 0 Å². The predicted octanol–water partition coefficient (Wildman–Crippen LogP) is 0.752. The van der Waals surface area contributed by atoms with Gasteiger partial charge in [-0.25, -0.2) is 0 Å². The highest BCUT2D eigenvalue weighted by Crippen LogP contribution is 1.97. The van der Waals surface area contributed by atoms with Crippen molar-refractivity contribution in [2.75, 3.05) is 0 Å². The predicted molar refractivity (Wildman–Crippen MR) is 29.9 cm³/mol. The third-order valence-corrected chi connectivity index (χ3v) is 1.44. The third kappa shape index (κ3) is 2.75. The molecule has 35 valence electrons. The summed E-state index contributed by atoms with van der Waals surface area (Å²) in [5.41, 5.74) is 0.0432. The molecule has 0 aromatic carbocycles. The summed E-state index contributed by atoms with van der Waals surface area (Å²) in [6.45, 7) is 2.00. The van der Waals surface area contributed by atoms with Crippen LogP contribution in [0.4, 0.5) is 0 Å². The Labute approximate surface area is 47.0 Å². The molecule has 0 aliphatic heterocycles. The maximum Gasteiger partial charge on any atom is 0.247 e. The van der Waals surface area contributed by atoms with Crippen LogP contribution in [0.3, 0.4) is 0 Å². The Morgan fingerprint density at radius 2 is 2.50 bits per heavy atom. The fourth-order valence-corrected chi connectivity index (χ4v) is 0.250. The van der Waals surface area contributed by atoms with E-state index in [0.717, 1.165) is 6.42 Å². The molecule has 0 saturated carbocycles. The molecule has 0 aliphatic carbocycles. The molecule has 3 radical (unpaired) electrons. The first kappa shape index (κ1) is 6.53. The minimum Gasteiger partial charge on any atom is -0.407 e. The van der Waals surface area contributed by atoms with Gasteiger partial charge in [0.1, 0.15) is 0 Å². The van der Waals surface area contributed by atoms with Crippen LogP contribution < -0.4 is 0 Å². The smallest absolute Gasteiger partial charge is 0.247 e. The molecule has 0 rings (SSSR count). The lowest BCUT2D eigenvalue weighted by Gasteiger charge is -2.00. The molecule has 6 heavy (non-hydrogen) atoms. The average Bonchev–Trinajstić information content (AvgIpc) is 1.65. The fraction of sp³-hybridized carbons (Fsp3) is 1.00. The zero-order chi connectivity index (χ0) is 4.99. The molecule has 0 N–H and O–H groups in total. The zero-order valence-electron chi connectivity index (χ0n) is 3.64. The van der Waals surface area contributed by atoms with Gasteiger partial charge in [0, 0.05) is 0 Å². The molecular formula is C3H7OSSi. The quantitative estimate of drug-likeness (QED) is 0.321. The standard InChI is InChI=1S/C3H7OSSi/c1-2-3(5)4-6/h3,5H,2H2,1H3. The van der Waals surface area contributed by atoms with E-state index in [2.05, 4.69) is 27.5 Å². The lowest BCUT2D eigenvalue weighted by molar-refractivity contribution is 0.314. The monoisotopic (exact) mass is 119 g/mol. The van der Waals surface area contributed by atoms with Crippen LogP contribution in [0.5, 0.6) is 0 Å². The Hall–Kier alpha value is 0.527. The highest BCUT2D eigenvalue weighted by molar-refractivity contribution is 7.80. The first-order valence-corrected chi connectivity index (χ1v) is 2.74. The second-order valence-electron chi connectivity index (χ2n) is 0.981. The number of hydrogen-bond donors (Lipinski definition) is 1. The van der Waals surface area contributed by atoms with Crippen LogP contribution in [-0.4, -0.2) is 15.9 Å². The van der Waals surface area contributed by atoms with E-state index in [1.54, 1.807) is 0 Å². The van der Waals surface area contributed by atoms with Crippen LogP contribution in [0.25, 0.3) is 0 Å². The zero-order valence-corrected chi connectivity index (χ0v) is 5.53. The highest BCUT2D eigenvalue weighted by Gasteiger charge is 1.89. The van der Waals surface area contributed by atoms with Crippen LogP contribution in [-0.2, 0) is 4.43 Å². The van der Waals surface area contributed by atoms with E-state index in [1.807, 2.05) is 6.92 Å². The van der Waals surface area contributed by atoms with Crippen molar-refractivity contribution in [3.05, 3.63) is 0 Å². The van der Waals surface area contributed by atoms with E-state index in [-0.39, 0.29) is 5.44 Å². The molecule has 0 amide bonds. The van der Waals surface area contributed by atoms with Gasteiger partial charge in [-0.05, 0) is 6.42 Å². The molecule has 0 heterocycles. The van der Waals surface area contributed by atoms with Gasteiger partial charge in [0.05, 0.1) is 5.44 Å². The Bertz CT molecular complexity index is 30.0. The highest BCUT2D eigenvalue weighted by atomic mass is 32.1. The summed E-state index contributed by atoms with van der Waals surface area (Å²) in [7, 11) is 2.84. The Morgan fingerprint density at radius 1 is 2.00 bits per heavy atom. The van der Waals surface area contributed by atoms with E-state index in [1.165, 1.54) is 0 Å². The molecule has 0 spiro atoms. The number of thiol groups is 1. The molecule has 0 bridgehead atoms. The maximum atomic E-state index is 4.57. The summed E-state index contributed by atoms with van der Waals surface area (Å²) < 4.78 is 4.57. The summed E-state index contributed by atoms with van der Waals surface area (Å²) in [4.78, 5) is 0. The molecule has 0 aliphatic rings. The SMILES string of the molecule is CCC(S)O[Si]. The lowest BCUT2D eigenvalue weighted by Crippen LogP contribution is -1.97. The van der Waals surface area contributed by atoms with Crippen molar-refractivity contribution in [2.24, 2.45) is 0 Å². The van der Waals surface area contributed by atoms with Crippen LogP contribution in [0.1, 0.15) is 13.3 Å². The largest absolute Gasteiger partial charge is 0.407 e. The summed E-state index contributed by atoms with van der Waals surface area (Å²) in [6, 6.07) is 0. The number of rotatable bonds is 2. The summed E-state index contributed by atoms with van der Waals surface area (Å²) in [6.07, 6.45) is 0.923. The Kier molecular flexibility index (Phi) is 4.03. The van der Waals surface area contributed by atoms with Crippen molar-refractivity contribution in [1.29, 1.82) is 0 Å². The fourth-order valence-electron chi connectivity index (χ4n) is 0.0833. The van der Waals surface area contributed by atoms with Crippen LogP contribution >= 0.6 is 12.6 Å². The van der Waals surface area contributed by atoms with Crippen LogP contribution in [0.15, 0.2) is 0 Å². The first-order chi connectivity index (χ1) is 2.81. The first-order valence-electron chi connectivity index (χ1n) is 1.81. The van der Waals surface area contributed by atoms with Crippen molar-refractivity contribution in [3.63, 3.8) is 0 Å². The molecule has 1 nitrogen and oxygen atoms in total. The van der Waals surface area contributed by atoms with Gasteiger partial charge in [0.2, 0.25) is 10.5 Å². The maximum absolute atomic E-state index is 4.57. The van der Waals surface area contributed by atoms with Crippen molar-refractivity contribution >= 4 is 23.1 Å². The van der Waals surface area contributed by atoms with Gasteiger partial charge in [-0.1, -0.05) is 6.92 Å². The minimum atomic E-state index is 0.0432. The van der Waals surface area contributed by atoms with Gasteiger partial charge >= 0.3 is 0 Å². The molecule has 1 atom stereocenters. The van der Waals surface area contributed by atoms with Crippen LogP contribution in [0.2, 0.25) is 0 Å². The summed E-state index contributed by atoms with van der Waals surface area (Å²) in [5, 5.41) is 0. The molecule has 0 aromatic heterocycles. The number of hydrogen-bond acceptors (Lipinski definition) is 2. The molecule has 0 aromatic rings. The summed E-state index contributed by atoms with van der Waals surface area (Å²) >= 11 is 3.96. The second-order valence-corrected chi connectivity index (χ2v) is 1.79. The Morgan fingerprint density at radius 3 is 2.50 bits per heavy atom. The molecule has 0 fully saturated rings. The van der Waals surface area contributed by atoms with Crippen molar-refractivity contribution in [1.82, 2.24) is 0 Å².